The molecule has 0 spiro atoms. The van der Waals surface area contributed by atoms with E-state index in [1.807, 2.05) is 0 Å². The highest BCUT2D eigenvalue weighted by Gasteiger charge is 2.27. The van der Waals surface area contributed by atoms with Gasteiger partial charge in [-0.25, -0.2) is 5.84 Å². The molecule has 8 heteroatoms. The Morgan fingerprint density at radius 1 is 1.37 bits per heavy atom. The molecule has 1 aromatic rings. The average molecular weight is 264 g/mol. The Labute approximate surface area is 109 Å². The summed E-state index contributed by atoms with van der Waals surface area (Å²) in [6, 6.07) is 0. The van der Waals surface area contributed by atoms with E-state index in [0.717, 1.165) is 24.8 Å². The van der Waals surface area contributed by atoms with Crippen molar-refractivity contribution in [1.29, 1.82) is 0 Å². The summed E-state index contributed by atoms with van der Waals surface area (Å²) in [7, 11) is 0. The van der Waals surface area contributed by atoms with Crippen LogP contribution in [0.2, 0.25) is 0 Å². The third-order valence-corrected chi connectivity index (χ3v) is 2.95. The Morgan fingerprint density at radius 2 is 2.11 bits per heavy atom. The lowest BCUT2D eigenvalue weighted by atomic mass is 9.93. The SMILES string of the molecule is Cc1c(C(=O)NN)oc2c1/C(=N/N=C(N)N)CCC2. The maximum Gasteiger partial charge on any atom is 0.301 e. The molecule has 0 unspecified atom stereocenters. The fraction of sp³-hybridized carbons (Fsp3) is 0.364. The molecule has 0 atom stereocenters. The van der Waals surface area contributed by atoms with Crippen molar-refractivity contribution in [2.45, 2.75) is 26.2 Å². The van der Waals surface area contributed by atoms with Gasteiger partial charge in [0.2, 0.25) is 5.96 Å². The van der Waals surface area contributed by atoms with Gasteiger partial charge in [0.15, 0.2) is 5.76 Å². The van der Waals surface area contributed by atoms with E-state index in [0.29, 0.717) is 17.0 Å². The lowest BCUT2D eigenvalue weighted by Crippen LogP contribution is -2.30. The Balaban J connectivity index is 2.50. The summed E-state index contributed by atoms with van der Waals surface area (Å²) >= 11 is 0. The van der Waals surface area contributed by atoms with Gasteiger partial charge in [-0.2, -0.15) is 5.10 Å². The van der Waals surface area contributed by atoms with Crippen molar-refractivity contribution in [3.05, 3.63) is 22.6 Å². The number of nitrogens with two attached hydrogens (primary N) is 3. The lowest BCUT2D eigenvalue weighted by molar-refractivity contribution is 0.0923. The van der Waals surface area contributed by atoms with Crippen molar-refractivity contribution in [3.63, 3.8) is 0 Å². The first-order valence-corrected chi connectivity index (χ1v) is 5.83. The first-order chi connectivity index (χ1) is 9.04. The molecule has 1 aliphatic rings. The smallest absolute Gasteiger partial charge is 0.301 e. The van der Waals surface area contributed by atoms with Crippen LogP contribution in [0.1, 0.15) is 40.3 Å². The van der Waals surface area contributed by atoms with Crippen LogP contribution in [-0.2, 0) is 6.42 Å². The van der Waals surface area contributed by atoms with Crippen molar-refractivity contribution in [3.8, 4) is 0 Å². The minimum atomic E-state index is -0.465. The second-order valence-corrected chi connectivity index (χ2v) is 4.25. The summed E-state index contributed by atoms with van der Waals surface area (Å²) in [5.74, 6) is 5.46. The number of fused-ring (bicyclic) bond motifs is 1. The van der Waals surface area contributed by atoms with Gasteiger partial charge in [0.25, 0.3) is 0 Å². The van der Waals surface area contributed by atoms with Crippen LogP contribution in [0.4, 0.5) is 0 Å². The van der Waals surface area contributed by atoms with Gasteiger partial charge < -0.3 is 15.9 Å². The quantitative estimate of drug-likeness (QED) is 0.187. The molecule has 1 aliphatic carbocycles. The number of amides is 1. The fourth-order valence-corrected chi connectivity index (χ4v) is 2.17. The largest absolute Gasteiger partial charge is 0.455 e. The number of furan rings is 1. The number of hydrogen-bond acceptors (Lipinski definition) is 5. The molecular formula is C11H16N6O2. The highest BCUT2D eigenvalue weighted by atomic mass is 16.4. The van der Waals surface area contributed by atoms with Crippen molar-refractivity contribution in [2.75, 3.05) is 0 Å². The van der Waals surface area contributed by atoms with E-state index in [9.17, 15) is 4.79 Å². The highest BCUT2D eigenvalue weighted by molar-refractivity contribution is 6.06. The molecular weight excluding hydrogens is 248 g/mol. The highest BCUT2D eigenvalue weighted by Crippen LogP contribution is 2.29. The van der Waals surface area contributed by atoms with Crippen LogP contribution in [0.15, 0.2) is 14.6 Å². The van der Waals surface area contributed by atoms with Gasteiger partial charge in [-0.05, 0) is 19.8 Å². The molecule has 0 saturated carbocycles. The van der Waals surface area contributed by atoms with Gasteiger partial charge >= 0.3 is 5.91 Å². The number of nitrogens with zero attached hydrogens (tertiary/aromatic N) is 2. The summed E-state index contributed by atoms with van der Waals surface area (Å²) in [5, 5.41) is 7.67. The Hall–Kier alpha value is -2.35. The predicted molar refractivity (Wildman–Crippen MR) is 70.4 cm³/mol. The standard InChI is InChI=1S/C11H16N6O2/c1-5-8-6(16-17-11(12)13)3-2-4-7(8)19-9(5)10(18)15-14/h2-4,14H2,1H3,(H,15,18)(H4,12,13,17)/b16-6+. The molecule has 2 rings (SSSR count). The van der Waals surface area contributed by atoms with E-state index in [1.54, 1.807) is 6.92 Å². The molecule has 0 aliphatic heterocycles. The summed E-state index contributed by atoms with van der Waals surface area (Å²) < 4.78 is 5.54. The van der Waals surface area contributed by atoms with Gasteiger partial charge in [-0.3, -0.25) is 10.2 Å². The van der Waals surface area contributed by atoms with E-state index in [4.69, 9.17) is 21.7 Å². The average Bonchev–Trinajstić information content (AvgIpc) is 2.73. The molecule has 19 heavy (non-hydrogen) atoms. The number of hydrazine groups is 1. The van der Waals surface area contributed by atoms with Crippen LogP contribution in [-0.4, -0.2) is 17.6 Å². The van der Waals surface area contributed by atoms with Gasteiger partial charge in [0.05, 0.1) is 5.71 Å². The predicted octanol–water partition coefficient (Wildman–Crippen LogP) is -0.495. The third kappa shape index (κ3) is 2.43. The van der Waals surface area contributed by atoms with Crippen LogP contribution in [0.25, 0.3) is 0 Å². The molecule has 0 saturated heterocycles. The second-order valence-electron chi connectivity index (χ2n) is 4.25. The van der Waals surface area contributed by atoms with Gasteiger partial charge in [0.1, 0.15) is 5.76 Å². The van der Waals surface area contributed by atoms with Crippen LogP contribution in [0, 0.1) is 6.92 Å². The molecule has 1 heterocycles. The summed E-state index contributed by atoms with van der Waals surface area (Å²) in [5.41, 5.74) is 14.8. The molecule has 0 bridgehead atoms. The number of rotatable bonds is 2. The number of nitrogens with one attached hydrogen (secondary N) is 1. The molecule has 8 nitrogen and oxygen atoms in total. The Morgan fingerprint density at radius 3 is 2.74 bits per heavy atom. The van der Waals surface area contributed by atoms with Gasteiger partial charge in [-0.15, -0.1) is 5.10 Å². The van der Waals surface area contributed by atoms with Crippen molar-refractivity contribution in [2.24, 2.45) is 27.5 Å². The van der Waals surface area contributed by atoms with Gasteiger partial charge in [-0.1, -0.05) is 0 Å². The maximum absolute atomic E-state index is 11.6. The Bertz CT molecular complexity index is 568. The number of guanidine groups is 1. The number of aryl methyl sites for hydroxylation is 1. The molecule has 1 aromatic heterocycles. The van der Waals surface area contributed by atoms with Crippen LogP contribution < -0.4 is 22.7 Å². The van der Waals surface area contributed by atoms with E-state index >= 15 is 0 Å². The molecule has 0 aromatic carbocycles. The first kappa shape index (κ1) is 13.1. The topological polar surface area (TPSA) is 145 Å². The number of hydrogen-bond donors (Lipinski definition) is 4. The molecule has 1 amide bonds. The van der Waals surface area contributed by atoms with Crippen LogP contribution >= 0.6 is 0 Å². The molecule has 0 radical (unpaired) electrons. The van der Waals surface area contributed by atoms with Gasteiger partial charge in [0, 0.05) is 17.5 Å². The maximum atomic E-state index is 11.6. The van der Waals surface area contributed by atoms with Crippen molar-refractivity contribution >= 4 is 17.6 Å². The summed E-state index contributed by atoms with van der Waals surface area (Å²) in [4.78, 5) is 11.6. The lowest BCUT2D eigenvalue weighted by Gasteiger charge is -2.11. The van der Waals surface area contributed by atoms with E-state index in [2.05, 4.69) is 15.6 Å². The molecule has 102 valence electrons. The van der Waals surface area contributed by atoms with Crippen LogP contribution in [0.3, 0.4) is 0 Å². The minimum Gasteiger partial charge on any atom is -0.455 e. The molecule has 7 N–H and O–H groups in total. The van der Waals surface area contributed by atoms with Crippen molar-refractivity contribution < 1.29 is 9.21 Å². The normalized spacial score (nSPS) is 16.0. The van der Waals surface area contributed by atoms with E-state index in [1.165, 1.54) is 0 Å². The van der Waals surface area contributed by atoms with E-state index < -0.39 is 5.91 Å². The zero-order valence-corrected chi connectivity index (χ0v) is 10.6. The minimum absolute atomic E-state index is 0.110. The number of nitrogen functional groups attached to an aromatic ring is 1. The zero-order chi connectivity index (χ0) is 14.0. The Kier molecular flexibility index (Phi) is 3.52. The van der Waals surface area contributed by atoms with Crippen molar-refractivity contribution in [1.82, 2.24) is 5.43 Å². The zero-order valence-electron chi connectivity index (χ0n) is 10.6. The summed E-state index contributed by atoms with van der Waals surface area (Å²) in [6.07, 6.45) is 2.34. The number of carbonyl (C=O) groups excluding carboxylic acids is 1. The third-order valence-electron chi connectivity index (χ3n) is 2.95. The van der Waals surface area contributed by atoms with Crippen LogP contribution in [0.5, 0.6) is 0 Å². The second kappa shape index (κ2) is 5.11. The molecule has 0 fully saturated rings. The summed E-state index contributed by atoms with van der Waals surface area (Å²) in [6.45, 7) is 1.78. The monoisotopic (exact) mass is 264 g/mol. The fourth-order valence-electron chi connectivity index (χ4n) is 2.17. The van der Waals surface area contributed by atoms with E-state index in [-0.39, 0.29) is 11.7 Å². The first-order valence-electron chi connectivity index (χ1n) is 5.83. The number of carbonyl (C=O) groups is 1.